The van der Waals surface area contributed by atoms with Crippen LogP contribution in [0.25, 0.3) is 5.76 Å². The van der Waals surface area contributed by atoms with Crippen LogP contribution in [0, 0.1) is 5.82 Å². The molecule has 0 bridgehead atoms. The van der Waals surface area contributed by atoms with Gasteiger partial charge < -0.3 is 14.6 Å². The highest BCUT2D eigenvalue weighted by Crippen LogP contribution is 2.45. The number of hydrogen-bond donors (Lipinski definition) is 1. The van der Waals surface area contributed by atoms with E-state index in [-0.39, 0.29) is 28.4 Å². The third-order valence-electron chi connectivity index (χ3n) is 7.68. The second-order valence-corrected chi connectivity index (χ2v) is 13.2. The van der Waals surface area contributed by atoms with Crippen LogP contribution in [0.4, 0.5) is 9.52 Å². The number of carbonyl (C=O) groups excluding carboxylic acids is 2. The number of fused-ring (bicyclic) bond motifs is 1. The summed E-state index contributed by atoms with van der Waals surface area (Å²) < 4.78 is 25.7. The van der Waals surface area contributed by atoms with Gasteiger partial charge in [0.25, 0.3) is 5.78 Å². The van der Waals surface area contributed by atoms with Crippen molar-refractivity contribution in [1.82, 2.24) is 10.2 Å². The molecule has 1 aromatic heterocycles. The summed E-state index contributed by atoms with van der Waals surface area (Å²) in [4.78, 5) is 28.7. The van der Waals surface area contributed by atoms with Gasteiger partial charge in [-0.3, -0.25) is 14.5 Å². The van der Waals surface area contributed by atoms with Crippen molar-refractivity contribution in [3.05, 3.63) is 100 Å². The van der Waals surface area contributed by atoms with E-state index in [0.717, 1.165) is 36.1 Å². The van der Waals surface area contributed by atoms with Crippen LogP contribution in [-0.4, -0.2) is 39.7 Å². The van der Waals surface area contributed by atoms with E-state index >= 15 is 0 Å². The molecule has 1 N–H and O–H groups in total. The summed E-state index contributed by atoms with van der Waals surface area (Å²) in [6.07, 6.45) is 3.70. The number of nitrogens with zero attached hydrogens (tertiary/aromatic N) is 3. The van der Waals surface area contributed by atoms with Gasteiger partial charge in [0.05, 0.1) is 18.2 Å². The molecule has 2 aliphatic rings. The van der Waals surface area contributed by atoms with E-state index in [1.54, 1.807) is 42.5 Å². The largest absolute Gasteiger partial charge is 0.507 e. The van der Waals surface area contributed by atoms with E-state index in [2.05, 4.69) is 17.1 Å². The van der Waals surface area contributed by atoms with Gasteiger partial charge in [0, 0.05) is 17.7 Å². The lowest BCUT2D eigenvalue weighted by molar-refractivity contribution is -0.132. The standard InChI is InChI=1S/C34H32FN3O5S2/c1-3-4-5-15-42-26-8-6-7-22(18-26)29-28(30(39)23-11-14-27-24(17-23)16-20(2)43-27)31(40)32(41)38(29)33-36-37-34(45-33)44-19-21-9-12-25(35)13-10-21/h6-14,17-18,20,29,39H,3-5,15-16,19H2,1-2H3/b30-28-. The highest BCUT2D eigenvalue weighted by atomic mass is 32.2. The SMILES string of the molecule is CCCCCOc1cccc(C2/C(=C(/O)c3ccc4c(c3)CC(C)O4)C(=O)C(=O)N2c2nnc(SCc3ccc(F)cc3)s2)c1. The Bertz CT molecular complexity index is 1760. The summed E-state index contributed by atoms with van der Waals surface area (Å²) in [6, 6.07) is 17.8. The molecule has 232 valence electrons. The molecule has 3 heterocycles. The molecule has 2 aliphatic heterocycles. The average molecular weight is 646 g/mol. The van der Waals surface area contributed by atoms with Crippen LogP contribution >= 0.6 is 23.1 Å². The fraction of sp³-hybridized carbons (Fsp3) is 0.294. The molecule has 3 aromatic carbocycles. The van der Waals surface area contributed by atoms with E-state index in [4.69, 9.17) is 9.47 Å². The molecule has 2 unspecified atom stereocenters. The van der Waals surface area contributed by atoms with Crippen molar-refractivity contribution in [2.75, 3.05) is 11.5 Å². The first-order valence-corrected chi connectivity index (χ1v) is 16.7. The number of aliphatic hydroxyl groups excluding tert-OH is 1. The minimum Gasteiger partial charge on any atom is -0.507 e. The van der Waals surface area contributed by atoms with Crippen molar-refractivity contribution in [3.8, 4) is 11.5 Å². The molecule has 4 aromatic rings. The highest BCUT2D eigenvalue weighted by Gasteiger charge is 2.48. The summed E-state index contributed by atoms with van der Waals surface area (Å²) in [5, 5.41) is 20.4. The Morgan fingerprint density at radius 1 is 1.11 bits per heavy atom. The normalized spacial score (nSPS) is 18.7. The van der Waals surface area contributed by atoms with Crippen LogP contribution in [0.2, 0.25) is 0 Å². The number of hydrogen-bond acceptors (Lipinski definition) is 9. The van der Waals surface area contributed by atoms with E-state index in [1.165, 1.54) is 40.1 Å². The minimum absolute atomic E-state index is 0.00979. The molecule has 8 nitrogen and oxygen atoms in total. The number of halogens is 1. The molecule has 0 aliphatic carbocycles. The van der Waals surface area contributed by atoms with Crippen molar-refractivity contribution >= 4 is 45.7 Å². The highest BCUT2D eigenvalue weighted by molar-refractivity contribution is 8.00. The molecule has 0 radical (unpaired) electrons. The number of amides is 1. The van der Waals surface area contributed by atoms with E-state index in [9.17, 15) is 19.1 Å². The second-order valence-electron chi connectivity index (χ2n) is 11.0. The Balaban J connectivity index is 1.37. The van der Waals surface area contributed by atoms with E-state index in [1.807, 2.05) is 19.1 Å². The Hall–Kier alpha value is -4.22. The van der Waals surface area contributed by atoms with Gasteiger partial charge in [-0.2, -0.15) is 0 Å². The first-order chi connectivity index (χ1) is 21.8. The third-order valence-corrected chi connectivity index (χ3v) is 9.81. The third kappa shape index (κ3) is 6.60. The molecule has 6 rings (SSSR count). The maximum atomic E-state index is 13.7. The Morgan fingerprint density at radius 3 is 2.73 bits per heavy atom. The zero-order valence-corrected chi connectivity index (χ0v) is 26.5. The lowest BCUT2D eigenvalue weighted by atomic mass is 9.94. The van der Waals surface area contributed by atoms with E-state index < -0.39 is 17.7 Å². The number of carbonyl (C=O) groups is 2. The molecule has 2 atom stereocenters. The van der Waals surface area contributed by atoms with Crippen molar-refractivity contribution < 1.29 is 28.6 Å². The van der Waals surface area contributed by atoms with Crippen LogP contribution in [0.3, 0.4) is 0 Å². The predicted molar refractivity (Wildman–Crippen MR) is 172 cm³/mol. The number of rotatable bonds is 11. The summed E-state index contributed by atoms with van der Waals surface area (Å²) in [7, 11) is 0. The lowest BCUT2D eigenvalue weighted by Crippen LogP contribution is -2.29. The Morgan fingerprint density at radius 2 is 1.93 bits per heavy atom. The second kappa shape index (κ2) is 13.4. The maximum Gasteiger partial charge on any atom is 0.301 e. The molecule has 1 fully saturated rings. The fourth-order valence-electron chi connectivity index (χ4n) is 5.47. The number of benzene rings is 3. The molecule has 45 heavy (non-hydrogen) atoms. The average Bonchev–Trinajstić information content (AvgIpc) is 3.73. The van der Waals surface area contributed by atoms with Crippen LogP contribution in [0.1, 0.15) is 61.4 Å². The molecular formula is C34H32FN3O5S2. The van der Waals surface area contributed by atoms with Crippen molar-refractivity contribution in [3.63, 3.8) is 0 Å². The van der Waals surface area contributed by atoms with Crippen LogP contribution in [0.5, 0.6) is 11.5 Å². The van der Waals surface area contributed by atoms with Crippen molar-refractivity contribution in [1.29, 1.82) is 0 Å². The zero-order chi connectivity index (χ0) is 31.5. The van der Waals surface area contributed by atoms with Gasteiger partial charge in [-0.15, -0.1) is 10.2 Å². The van der Waals surface area contributed by atoms with Gasteiger partial charge in [0.15, 0.2) is 4.34 Å². The summed E-state index contributed by atoms with van der Waals surface area (Å²) in [5.74, 6) is -0.333. The number of aliphatic hydroxyl groups is 1. The number of ether oxygens (including phenoxy) is 2. The Kier molecular flexibility index (Phi) is 9.18. The summed E-state index contributed by atoms with van der Waals surface area (Å²) in [5.41, 5.74) is 2.81. The Labute approximate surface area is 268 Å². The van der Waals surface area contributed by atoms with Gasteiger partial charge in [0.2, 0.25) is 5.13 Å². The predicted octanol–water partition coefficient (Wildman–Crippen LogP) is 7.49. The molecule has 0 spiro atoms. The van der Waals surface area contributed by atoms with E-state index in [0.29, 0.717) is 40.0 Å². The lowest BCUT2D eigenvalue weighted by Gasteiger charge is -2.23. The van der Waals surface area contributed by atoms with Crippen molar-refractivity contribution in [2.45, 2.75) is 61.8 Å². The fourth-order valence-corrected chi connectivity index (χ4v) is 7.29. The summed E-state index contributed by atoms with van der Waals surface area (Å²) in [6.45, 7) is 4.63. The topological polar surface area (TPSA) is 102 Å². The molecule has 0 saturated carbocycles. The van der Waals surface area contributed by atoms with Crippen LogP contribution in [-0.2, 0) is 21.8 Å². The number of thioether (sulfide) groups is 1. The maximum absolute atomic E-state index is 13.7. The first kappa shape index (κ1) is 30.8. The molecule has 1 amide bonds. The zero-order valence-electron chi connectivity index (χ0n) is 24.9. The van der Waals surface area contributed by atoms with Gasteiger partial charge in [-0.05, 0) is 72.5 Å². The number of aromatic nitrogens is 2. The molecule has 1 saturated heterocycles. The van der Waals surface area contributed by atoms with Gasteiger partial charge >= 0.3 is 5.91 Å². The van der Waals surface area contributed by atoms with Gasteiger partial charge in [-0.1, -0.05) is 67.1 Å². The monoisotopic (exact) mass is 645 g/mol. The number of anilines is 1. The summed E-state index contributed by atoms with van der Waals surface area (Å²) >= 11 is 2.57. The first-order valence-electron chi connectivity index (χ1n) is 14.9. The number of Topliss-reactive ketones (excluding diaryl/α,β-unsaturated/α-hetero) is 1. The number of unbranched alkanes of at least 4 members (excludes halogenated alkanes) is 2. The molecule has 11 heteroatoms. The van der Waals surface area contributed by atoms with Crippen LogP contribution < -0.4 is 14.4 Å². The van der Waals surface area contributed by atoms with Gasteiger partial charge in [-0.25, -0.2) is 4.39 Å². The minimum atomic E-state index is -0.962. The van der Waals surface area contributed by atoms with Gasteiger partial charge in [0.1, 0.15) is 29.2 Å². The molecular weight excluding hydrogens is 614 g/mol. The smallest absolute Gasteiger partial charge is 0.301 e. The van der Waals surface area contributed by atoms with Crippen LogP contribution in [0.15, 0.2) is 76.6 Å². The van der Waals surface area contributed by atoms with Crippen molar-refractivity contribution in [2.24, 2.45) is 0 Å². The number of ketones is 1. The quantitative estimate of drug-likeness (QED) is 0.0447.